The molecule has 5 heteroatoms. The molecule has 1 aliphatic heterocycles. The van der Waals surface area contributed by atoms with E-state index in [0.717, 1.165) is 31.8 Å². The number of nitrogens with zero attached hydrogens (tertiary/aromatic N) is 4. The first kappa shape index (κ1) is 14.6. The van der Waals surface area contributed by atoms with Gasteiger partial charge in [-0.15, -0.1) is 0 Å². The SMILES string of the molecule is Cn1ccnc1CN(C(=O)CN1CCCCCC1)C1CC1. The van der Waals surface area contributed by atoms with Crippen LogP contribution in [0.2, 0.25) is 0 Å². The lowest BCUT2D eigenvalue weighted by Gasteiger charge is -2.26. The summed E-state index contributed by atoms with van der Waals surface area (Å²) in [5.41, 5.74) is 0. The highest BCUT2D eigenvalue weighted by Gasteiger charge is 2.33. The van der Waals surface area contributed by atoms with Crippen LogP contribution in [0.15, 0.2) is 12.4 Å². The fourth-order valence-electron chi connectivity index (χ4n) is 3.08. The van der Waals surface area contributed by atoms with E-state index in [9.17, 15) is 4.79 Å². The van der Waals surface area contributed by atoms with Gasteiger partial charge in [-0.25, -0.2) is 4.98 Å². The highest BCUT2D eigenvalue weighted by molar-refractivity contribution is 5.78. The third kappa shape index (κ3) is 3.84. The van der Waals surface area contributed by atoms with Crippen molar-refractivity contribution in [3.63, 3.8) is 0 Å². The molecule has 21 heavy (non-hydrogen) atoms. The van der Waals surface area contributed by atoms with Crippen LogP contribution in [0.4, 0.5) is 0 Å². The van der Waals surface area contributed by atoms with Gasteiger partial charge in [0, 0.05) is 25.5 Å². The fraction of sp³-hybridized carbons (Fsp3) is 0.750. The standard InChI is InChI=1S/C16H26N4O/c1-18-11-8-17-15(18)12-20(14-6-7-14)16(21)13-19-9-4-2-3-5-10-19/h8,11,14H,2-7,9-10,12-13H2,1H3. The number of hydrogen-bond acceptors (Lipinski definition) is 3. The van der Waals surface area contributed by atoms with Gasteiger partial charge >= 0.3 is 0 Å². The van der Waals surface area contributed by atoms with E-state index in [4.69, 9.17) is 0 Å². The van der Waals surface area contributed by atoms with Crippen LogP contribution in [0, 0.1) is 0 Å². The molecule has 1 aromatic heterocycles. The number of hydrogen-bond donors (Lipinski definition) is 0. The highest BCUT2D eigenvalue weighted by atomic mass is 16.2. The van der Waals surface area contributed by atoms with Crippen LogP contribution in [0.3, 0.4) is 0 Å². The van der Waals surface area contributed by atoms with Crippen molar-refractivity contribution in [2.45, 2.75) is 51.1 Å². The maximum absolute atomic E-state index is 12.7. The minimum Gasteiger partial charge on any atom is -0.337 e. The molecule has 1 aromatic rings. The summed E-state index contributed by atoms with van der Waals surface area (Å²) in [7, 11) is 1.99. The second-order valence-electron chi connectivity index (χ2n) is 6.40. The molecule has 1 saturated carbocycles. The molecule has 0 N–H and O–H groups in total. The van der Waals surface area contributed by atoms with E-state index in [1.165, 1.54) is 25.7 Å². The van der Waals surface area contributed by atoms with E-state index in [1.807, 2.05) is 22.7 Å². The van der Waals surface area contributed by atoms with Gasteiger partial charge in [0.25, 0.3) is 0 Å². The zero-order chi connectivity index (χ0) is 14.7. The van der Waals surface area contributed by atoms with Crippen molar-refractivity contribution in [2.24, 2.45) is 7.05 Å². The van der Waals surface area contributed by atoms with Gasteiger partial charge < -0.3 is 9.47 Å². The van der Waals surface area contributed by atoms with Crippen molar-refractivity contribution in [3.8, 4) is 0 Å². The average molecular weight is 290 g/mol. The van der Waals surface area contributed by atoms with E-state index in [0.29, 0.717) is 19.1 Å². The largest absolute Gasteiger partial charge is 0.337 e. The molecule has 2 heterocycles. The van der Waals surface area contributed by atoms with Crippen LogP contribution in [-0.2, 0) is 18.4 Å². The summed E-state index contributed by atoms with van der Waals surface area (Å²) >= 11 is 0. The van der Waals surface area contributed by atoms with Crippen LogP contribution < -0.4 is 0 Å². The second kappa shape index (κ2) is 6.60. The van der Waals surface area contributed by atoms with Gasteiger partial charge in [0.1, 0.15) is 5.82 Å². The Hall–Kier alpha value is -1.36. The first-order valence-corrected chi connectivity index (χ1v) is 8.22. The lowest BCUT2D eigenvalue weighted by Crippen LogP contribution is -2.42. The minimum atomic E-state index is 0.280. The van der Waals surface area contributed by atoms with Crippen molar-refractivity contribution >= 4 is 5.91 Å². The zero-order valence-corrected chi connectivity index (χ0v) is 13.0. The van der Waals surface area contributed by atoms with Gasteiger partial charge in [0.2, 0.25) is 5.91 Å². The van der Waals surface area contributed by atoms with E-state index < -0.39 is 0 Å². The number of likely N-dealkylation sites (tertiary alicyclic amines) is 1. The number of carbonyl (C=O) groups excluding carboxylic acids is 1. The fourth-order valence-corrected chi connectivity index (χ4v) is 3.08. The summed E-state index contributed by atoms with van der Waals surface area (Å²) in [5, 5.41) is 0. The normalized spacial score (nSPS) is 20.2. The van der Waals surface area contributed by atoms with Crippen LogP contribution in [-0.4, -0.2) is 50.9 Å². The first-order chi connectivity index (χ1) is 10.2. The van der Waals surface area contributed by atoms with Gasteiger partial charge in [-0.1, -0.05) is 12.8 Å². The quantitative estimate of drug-likeness (QED) is 0.830. The Bertz CT molecular complexity index is 472. The van der Waals surface area contributed by atoms with Gasteiger partial charge in [0.05, 0.1) is 13.1 Å². The molecule has 1 amide bonds. The van der Waals surface area contributed by atoms with Crippen molar-refractivity contribution in [1.29, 1.82) is 0 Å². The molecule has 0 radical (unpaired) electrons. The molecule has 1 saturated heterocycles. The molecule has 2 fully saturated rings. The molecule has 5 nitrogen and oxygen atoms in total. The Balaban J connectivity index is 1.60. The molecular formula is C16H26N4O. The summed E-state index contributed by atoms with van der Waals surface area (Å²) in [6.07, 6.45) is 11.1. The molecule has 0 bridgehead atoms. The first-order valence-electron chi connectivity index (χ1n) is 8.22. The van der Waals surface area contributed by atoms with Gasteiger partial charge in [-0.3, -0.25) is 9.69 Å². The van der Waals surface area contributed by atoms with Gasteiger partial charge in [-0.2, -0.15) is 0 Å². The second-order valence-corrected chi connectivity index (χ2v) is 6.40. The molecule has 2 aliphatic rings. The summed E-state index contributed by atoms with van der Waals surface area (Å²) < 4.78 is 2.01. The van der Waals surface area contributed by atoms with E-state index >= 15 is 0 Å². The van der Waals surface area contributed by atoms with Gasteiger partial charge in [-0.05, 0) is 38.8 Å². The smallest absolute Gasteiger partial charge is 0.237 e. The maximum atomic E-state index is 12.7. The topological polar surface area (TPSA) is 41.4 Å². The van der Waals surface area contributed by atoms with Crippen LogP contribution in [0.5, 0.6) is 0 Å². The average Bonchev–Trinajstić information content (AvgIpc) is 3.25. The number of imidazole rings is 1. The Morgan fingerprint density at radius 2 is 2.00 bits per heavy atom. The lowest BCUT2D eigenvalue weighted by molar-refractivity contribution is -0.133. The third-order valence-electron chi connectivity index (χ3n) is 4.60. The zero-order valence-electron chi connectivity index (χ0n) is 13.0. The molecule has 116 valence electrons. The number of aryl methyl sites for hydroxylation is 1. The minimum absolute atomic E-state index is 0.280. The predicted molar refractivity (Wildman–Crippen MR) is 81.7 cm³/mol. The van der Waals surface area contributed by atoms with E-state index in [1.54, 1.807) is 6.20 Å². The molecule has 0 spiro atoms. The molecular weight excluding hydrogens is 264 g/mol. The predicted octanol–water partition coefficient (Wildman–Crippen LogP) is 1.79. The summed E-state index contributed by atoms with van der Waals surface area (Å²) in [4.78, 5) is 21.4. The van der Waals surface area contributed by atoms with Crippen molar-refractivity contribution in [1.82, 2.24) is 19.4 Å². The summed E-state index contributed by atoms with van der Waals surface area (Å²) in [5.74, 6) is 1.26. The van der Waals surface area contributed by atoms with E-state index in [2.05, 4.69) is 9.88 Å². The Morgan fingerprint density at radius 1 is 1.29 bits per heavy atom. The van der Waals surface area contributed by atoms with E-state index in [-0.39, 0.29) is 5.91 Å². The van der Waals surface area contributed by atoms with Crippen LogP contribution in [0.1, 0.15) is 44.3 Å². The van der Waals surface area contributed by atoms with Crippen molar-refractivity contribution in [2.75, 3.05) is 19.6 Å². The summed E-state index contributed by atoms with van der Waals surface area (Å²) in [6.45, 7) is 3.39. The molecule has 0 unspecified atom stereocenters. The van der Waals surface area contributed by atoms with Crippen molar-refractivity contribution < 1.29 is 4.79 Å². The van der Waals surface area contributed by atoms with Gasteiger partial charge in [0.15, 0.2) is 0 Å². The Labute approximate surface area is 126 Å². The van der Waals surface area contributed by atoms with Crippen molar-refractivity contribution in [3.05, 3.63) is 18.2 Å². The number of amides is 1. The number of rotatable bonds is 5. The highest BCUT2D eigenvalue weighted by Crippen LogP contribution is 2.28. The molecule has 0 atom stereocenters. The maximum Gasteiger partial charge on any atom is 0.237 e. The molecule has 3 rings (SSSR count). The Morgan fingerprint density at radius 3 is 2.57 bits per heavy atom. The third-order valence-corrected chi connectivity index (χ3v) is 4.60. The van der Waals surface area contributed by atoms with Crippen LogP contribution in [0.25, 0.3) is 0 Å². The number of carbonyl (C=O) groups is 1. The lowest BCUT2D eigenvalue weighted by atomic mass is 10.2. The molecule has 0 aromatic carbocycles. The number of aromatic nitrogens is 2. The monoisotopic (exact) mass is 290 g/mol. The Kier molecular flexibility index (Phi) is 4.58. The van der Waals surface area contributed by atoms with Crippen LogP contribution >= 0.6 is 0 Å². The summed E-state index contributed by atoms with van der Waals surface area (Å²) in [6, 6.07) is 0.446. The molecule has 1 aliphatic carbocycles.